The summed E-state index contributed by atoms with van der Waals surface area (Å²) >= 11 is 3.28. The van der Waals surface area contributed by atoms with Gasteiger partial charge in [0.2, 0.25) is 0 Å². The van der Waals surface area contributed by atoms with Gasteiger partial charge in [0.1, 0.15) is 5.82 Å². The molecule has 1 aromatic rings. The number of halogens is 2. The first kappa shape index (κ1) is 16.6. The Morgan fingerprint density at radius 3 is 2.74 bits per heavy atom. The smallest absolute Gasteiger partial charge is 0.124 e. The van der Waals surface area contributed by atoms with Crippen LogP contribution in [0.5, 0.6) is 0 Å². The summed E-state index contributed by atoms with van der Waals surface area (Å²) in [5.74, 6) is -0.210. The van der Waals surface area contributed by atoms with Gasteiger partial charge in [0.15, 0.2) is 0 Å². The summed E-state index contributed by atoms with van der Waals surface area (Å²) in [4.78, 5) is 0. The molecule has 0 bridgehead atoms. The first-order chi connectivity index (χ1) is 9.22. The second-order valence-corrected chi connectivity index (χ2v) is 5.18. The van der Waals surface area contributed by atoms with Crippen molar-refractivity contribution in [2.75, 3.05) is 33.5 Å². The molecule has 3 nitrogen and oxygen atoms in total. The third kappa shape index (κ3) is 8.31. The fourth-order valence-corrected chi connectivity index (χ4v) is 2.16. The van der Waals surface area contributed by atoms with Crippen LogP contribution in [-0.2, 0) is 16.0 Å². The Hall–Kier alpha value is -0.490. The van der Waals surface area contributed by atoms with E-state index in [9.17, 15) is 4.39 Å². The van der Waals surface area contributed by atoms with Gasteiger partial charge in [-0.2, -0.15) is 0 Å². The van der Waals surface area contributed by atoms with Crippen LogP contribution < -0.4 is 5.32 Å². The lowest BCUT2D eigenvalue weighted by Gasteiger charge is -2.06. The molecule has 0 spiro atoms. The number of benzene rings is 1. The molecule has 0 fully saturated rings. The second-order valence-electron chi connectivity index (χ2n) is 4.27. The third-order valence-corrected chi connectivity index (χ3v) is 3.03. The van der Waals surface area contributed by atoms with Crippen LogP contribution in [0.1, 0.15) is 18.4 Å². The Kier molecular flexibility index (Phi) is 8.99. The predicted octanol–water partition coefficient (Wildman–Crippen LogP) is 3.12. The van der Waals surface area contributed by atoms with Crippen LogP contribution in [0.25, 0.3) is 0 Å². The van der Waals surface area contributed by atoms with Crippen molar-refractivity contribution >= 4 is 15.9 Å². The van der Waals surface area contributed by atoms with E-state index in [1.165, 1.54) is 6.07 Å². The van der Waals surface area contributed by atoms with Crippen LogP contribution in [0, 0.1) is 5.82 Å². The molecule has 0 aliphatic rings. The predicted molar refractivity (Wildman–Crippen MR) is 77.7 cm³/mol. The molecular formula is C14H21BrFNO2. The molecular weight excluding hydrogens is 313 g/mol. The van der Waals surface area contributed by atoms with E-state index >= 15 is 0 Å². The van der Waals surface area contributed by atoms with Gasteiger partial charge in [-0.25, -0.2) is 4.39 Å². The summed E-state index contributed by atoms with van der Waals surface area (Å²) in [7, 11) is 1.66. The van der Waals surface area contributed by atoms with Crippen LogP contribution in [0.2, 0.25) is 0 Å². The van der Waals surface area contributed by atoms with Gasteiger partial charge >= 0.3 is 0 Å². The average Bonchev–Trinajstić information content (AvgIpc) is 2.36. The van der Waals surface area contributed by atoms with Crippen molar-refractivity contribution < 1.29 is 13.9 Å². The van der Waals surface area contributed by atoms with Crippen LogP contribution in [0.15, 0.2) is 22.7 Å². The standard InChI is InChI=1S/C14H21BrFNO2/c1-18-6-7-19-5-3-2-4-17-11-12-8-13(15)10-14(16)9-12/h8-10,17H,2-7,11H2,1H3. The Morgan fingerprint density at radius 1 is 1.16 bits per heavy atom. The zero-order valence-corrected chi connectivity index (χ0v) is 12.8. The lowest BCUT2D eigenvalue weighted by atomic mass is 10.2. The normalized spacial score (nSPS) is 10.9. The number of ether oxygens (including phenoxy) is 2. The van der Waals surface area contributed by atoms with Crippen LogP contribution in [0.4, 0.5) is 4.39 Å². The van der Waals surface area contributed by atoms with Gasteiger partial charge in [0.05, 0.1) is 13.2 Å². The van der Waals surface area contributed by atoms with Gasteiger partial charge in [0.25, 0.3) is 0 Å². The summed E-state index contributed by atoms with van der Waals surface area (Å²) in [6.07, 6.45) is 2.06. The summed E-state index contributed by atoms with van der Waals surface area (Å²) < 4.78 is 24.1. The molecule has 0 saturated carbocycles. The topological polar surface area (TPSA) is 30.5 Å². The minimum Gasteiger partial charge on any atom is -0.382 e. The number of unbranched alkanes of at least 4 members (excludes halogenated alkanes) is 1. The molecule has 0 unspecified atom stereocenters. The highest BCUT2D eigenvalue weighted by Gasteiger charge is 1.98. The Morgan fingerprint density at radius 2 is 2.00 bits per heavy atom. The lowest BCUT2D eigenvalue weighted by molar-refractivity contribution is 0.0688. The van der Waals surface area contributed by atoms with E-state index in [0.717, 1.165) is 36.0 Å². The maximum Gasteiger partial charge on any atom is 0.124 e. The summed E-state index contributed by atoms with van der Waals surface area (Å²) in [5.41, 5.74) is 0.947. The average molecular weight is 334 g/mol. The number of hydrogen-bond donors (Lipinski definition) is 1. The molecule has 1 rings (SSSR count). The number of rotatable bonds is 10. The fourth-order valence-electron chi connectivity index (χ4n) is 1.64. The van der Waals surface area contributed by atoms with E-state index in [0.29, 0.717) is 19.8 Å². The van der Waals surface area contributed by atoms with E-state index in [-0.39, 0.29) is 5.82 Å². The van der Waals surface area contributed by atoms with Gasteiger partial charge < -0.3 is 14.8 Å². The zero-order valence-electron chi connectivity index (χ0n) is 11.3. The fraction of sp³-hybridized carbons (Fsp3) is 0.571. The van der Waals surface area contributed by atoms with E-state index in [4.69, 9.17) is 9.47 Å². The van der Waals surface area contributed by atoms with Gasteiger partial charge in [-0.3, -0.25) is 0 Å². The monoisotopic (exact) mass is 333 g/mol. The minimum atomic E-state index is -0.210. The van der Waals surface area contributed by atoms with Crippen LogP contribution >= 0.6 is 15.9 Å². The SMILES string of the molecule is COCCOCCCCNCc1cc(F)cc(Br)c1. The molecule has 0 atom stereocenters. The van der Waals surface area contributed by atoms with Gasteiger partial charge in [0, 0.05) is 24.7 Å². The molecule has 0 saturated heterocycles. The van der Waals surface area contributed by atoms with Gasteiger partial charge in [-0.1, -0.05) is 15.9 Å². The molecule has 19 heavy (non-hydrogen) atoms. The van der Waals surface area contributed by atoms with E-state index < -0.39 is 0 Å². The molecule has 0 radical (unpaired) electrons. The molecule has 108 valence electrons. The highest BCUT2D eigenvalue weighted by molar-refractivity contribution is 9.10. The van der Waals surface area contributed by atoms with Gasteiger partial charge in [-0.05, 0) is 43.1 Å². The van der Waals surface area contributed by atoms with Crippen molar-refractivity contribution in [1.29, 1.82) is 0 Å². The molecule has 0 amide bonds. The minimum absolute atomic E-state index is 0.210. The molecule has 0 aromatic heterocycles. The summed E-state index contributed by atoms with van der Waals surface area (Å²) in [5, 5.41) is 3.29. The second kappa shape index (κ2) is 10.3. The van der Waals surface area contributed by atoms with Crippen molar-refractivity contribution in [2.45, 2.75) is 19.4 Å². The lowest BCUT2D eigenvalue weighted by Crippen LogP contribution is -2.15. The highest BCUT2D eigenvalue weighted by atomic mass is 79.9. The first-order valence-electron chi connectivity index (χ1n) is 6.44. The molecule has 0 aliphatic heterocycles. The number of nitrogens with one attached hydrogen (secondary N) is 1. The zero-order chi connectivity index (χ0) is 13.9. The van der Waals surface area contributed by atoms with Crippen molar-refractivity contribution in [3.63, 3.8) is 0 Å². The molecule has 1 aromatic carbocycles. The molecule has 0 heterocycles. The van der Waals surface area contributed by atoms with E-state index in [1.54, 1.807) is 13.2 Å². The maximum atomic E-state index is 13.1. The Balaban J connectivity index is 2.01. The first-order valence-corrected chi connectivity index (χ1v) is 7.24. The van der Waals surface area contributed by atoms with Crippen LogP contribution in [-0.4, -0.2) is 33.5 Å². The number of methoxy groups -OCH3 is 1. The third-order valence-electron chi connectivity index (χ3n) is 2.58. The van der Waals surface area contributed by atoms with Gasteiger partial charge in [-0.15, -0.1) is 0 Å². The largest absolute Gasteiger partial charge is 0.382 e. The van der Waals surface area contributed by atoms with E-state index in [2.05, 4.69) is 21.2 Å². The van der Waals surface area contributed by atoms with Crippen molar-refractivity contribution in [2.24, 2.45) is 0 Å². The molecule has 5 heteroatoms. The molecule has 0 aliphatic carbocycles. The quantitative estimate of drug-likeness (QED) is 0.667. The Labute approximate surface area is 122 Å². The maximum absolute atomic E-state index is 13.1. The van der Waals surface area contributed by atoms with Crippen LogP contribution in [0.3, 0.4) is 0 Å². The van der Waals surface area contributed by atoms with Crippen molar-refractivity contribution in [3.8, 4) is 0 Å². The van der Waals surface area contributed by atoms with Crippen molar-refractivity contribution in [3.05, 3.63) is 34.1 Å². The van der Waals surface area contributed by atoms with E-state index in [1.807, 2.05) is 6.07 Å². The highest BCUT2D eigenvalue weighted by Crippen LogP contribution is 2.14. The Bertz CT molecular complexity index is 343. The number of hydrogen-bond acceptors (Lipinski definition) is 3. The summed E-state index contributed by atoms with van der Waals surface area (Å²) in [6.45, 7) is 3.65. The summed E-state index contributed by atoms with van der Waals surface area (Å²) in [6, 6.07) is 4.93. The molecule has 1 N–H and O–H groups in total. The van der Waals surface area contributed by atoms with Crippen molar-refractivity contribution in [1.82, 2.24) is 5.32 Å².